The molecule has 1 heterocycles. The molecule has 1 saturated heterocycles. The topological polar surface area (TPSA) is 102 Å². The monoisotopic (exact) mass is 344 g/mol. The van der Waals surface area contributed by atoms with E-state index in [0.717, 1.165) is 0 Å². The van der Waals surface area contributed by atoms with Crippen molar-refractivity contribution in [3.8, 4) is 0 Å². The fourth-order valence-corrected chi connectivity index (χ4v) is 2.42. The van der Waals surface area contributed by atoms with Crippen LogP contribution in [0, 0.1) is 15.5 Å². The molecule has 1 aliphatic rings. The van der Waals surface area contributed by atoms with Gasteiger partial charge < -0.3 is 15.2 Å². The van der Waals surface area contributed by atoms with Gasteiger partial charge in [0.1, 0.15) is 11.1 Å². The molecule has 0 aliphatic carbocycles. The van der Waals surface area contributed by atoms with Crippen molar-refractivity contribution < 1.29 is 19.6 Å². The van der Waals surface area contributed by atoms with Crippen molar-refractivity contribution in [2.75, 3.05) is 18.5 Å². The van der Waals surface area contributed by atoms with Gasteiger partial charge in [-0.3, -0.25) is 14.9 Å². The number of carboxylic acid groups (broad SMARTS) is 1. The highest BCUT2D eigenvalue weighted by atomic mass is 79.9. The third-order valence-corrected chi connectivity index (χ3v) is 3.92. The normalized spacial score (nSPS) is 25.4. The minimum atomic E-state index is -1.11. The van der Waals surface area contributed by atoms with E-state index in [4.69, 9.17) is 4.74 Å². The zero-order chi connectivity index (χ0) is 14.9. The minimum Gasteiger partial charge on any atom is -0.481 e. The molecule has 8 heteroatoms. The quantitative estimate of drug-likeness (QED) is 0.641. The summed E-state index contributed by atoms with van der Waals surface area (Å²) in [6.07, 6.45) is 0. The predicted octanol–water partition coefficient (Wildman–Crippen LogP) is 2.26. The van der Waals surface area contributed by atoms with Gasteiger partial charge in [-0.2, -0.15) is 0 Å². The molecule has 0 aromatic heterocycles. The van der Waals surface area contributed by atoms with E-state index in [-0.39, 0.29) is 24.6 Å². The first kappa shape index (κ1) is 14.7. The number of rotatable bonds is 4. The molecule has 2 rings (SSSR count). The van der Waals surface area contributed by atoms with Crippen molar-refractivity contribution in [2.45, 2.75) is 13.0 Å². The van der Waals surface area contributed by atoms with Crippen LogP contribution in [0.1, 0.15) is 6.92 Å². The Morgan fingerprint density at radius 1 is 1.65 bits per heavy atom. The average Bonchev–Trinajstić information content (AvgIpc) is 2.72. The number of benzene rings is 1. The first-order chi connectivity index (χ1) is 9.34. The van der Waals surface area contributed by atoms with E-state index >= 15 is 0 Å². The van der Waals surface area contributed by atoms with Crippen LogP contribution in [0.5, 0.6) is 0 Å². The third-order valence-electron chi connectivity index (χ3n) is 3.43. The number of halogens is 1. The summed E-state index contributed by atoms with van der Waals surface area (Å²) in [7, 11) is 0. The van der Waals surface area contributed by atoms with Gasteiger partial charge in [-0.1, -0.05) is 15.9 Å². The Bertz CT molecular complexity index is 565. The second-order valence-electron chi connectivity index (χ2n) is 4.85. The smallest absolute Gasteiger partial charge is 0.313 e. The molecule has 0 saturated carbocycles. The number of nitro groups is 1. The van der Waals surface area contributed by atoms with Crippen molar-refractivity contribution in [1.82, 2.24) is 0 Å². The SMILES string of the molecule is CC1(C(=O)O)COCC1Nc1cc(Br)ccc1[N+](=O)[O-]. The molecule has 0 bridgehead atoms. The number of hydrogen-bond donors (Lipinski definition) is 2. The molecule has 108 valence electrons. The lowest BCUT2D eigenvalue weighted by atomic mass is 9.85. The average molecular weight is 345 g/mol. The third kappa shape index (κ3) is 2.61. The first-order valence-electron chi connectivity index (χ1n) is 5.86. The molecular weight excluding hydrogens is 332 g/mol. The highest BCUT2D eigenvalue weighted by molar-refractivity contribution is 9.10. The highest BCUT2D eigenvalue weighted by Crippen LogP contribution is 2.35. The van der Waals surface area contributed by atoms with Gasteiger partial charge in [0, 0.05) is 10.5 Å². The number of nitrogens with zero attached hydrogens (tertiary/aromatic N) is 1. The van der Waals surface area contributed by atoms with E-state index in [0.29, 0.717) is 4.47 Å². The molecule has 20 heavy (non-hydrogen) atoms. The predicted molar refractivity (Wildman–Crippen MR) is 74.8 cm³/mol. The summed E-state index contributed by atoms with van der Waals surface area (Å²) in [5.74, 6) is -0.995. The van der Waals surface area contributed by atoms with Gasteiger partial charge in [0.25, 0.3) is 5.69 Å². The number of carboxylic acids is 1. The van der Waals surface area contributed by atoms with Crippen molar-refractivity contribution in [3.63, 3.8) is 0 Å². The van der Waals surface area contributed by atoms with E-state index < -0.39 is 22.3 Å². The fourth-order valence-electron chi connectivity index (χ4n) is 2.06. The van der Waals surface area contributed by atoms with Crippen LogP contribution in [0.4, 0.5) is 11.4 Å². The fraction of sp³-hybridized carbons (Fsp3) is 0.417. The summed E-state index contributed by atoms with van der Waals surface area (Å²) in [5, 5.41) is 23.2. The number of ether oxygens (including phenoxy) is 1. The van der Waals surface area contributed by atoms with Crippen LogP contribution in [0.15, 0.2) is 22.7 Å². The van der Waals surface area contributed by atoms with E-state index in [1.165, 1.54) is 6.07 Å². The van der Waals surface area contributed by atoms with Crippen LogP contribution >= 0.6 is 15.9 Å². The lowest BCUT2D eigenvalue weighted by Crippen LogP contribution is -2.43. The summed E-state index contributed by atoms with van der Waals surface area (Å²) in [4.78, 5) is 21.8. The van der Waals surface area contributed by atoms with Crippen LogP contribution in [-0.2, 0) is 9.53 Å². The van der Waals surface area contributed by atoms with Crippen LogP contribution in [0.25, 0.3) is 0 Å². The largest absolute Gasteiger partial charge is 0.481 e. The van der Waals surface area contributed by atoms with Crippen molar-refractivity contribution in [2.24, 2.45) is 5.41 Å². The summed E-state index contributed by atoms with van der Waals surface area (Å²) in [6, 6.07) is 3.94. The molecular formula is C12H13BrN2O5. The van der Waals surface area contributed by atoms with Gasteiger partial charge in [0.15, 0.2) is 0 Å². The van der Waals surface area contributed by atoms with Gasteiger partial charge in [-0.15, -0.1) is 0 Å². The number of aliphatic carboxylic acids is 1. The summed E-state index contributed by atoms with van der Waals surface area (Å²) < 4.78 is 5.88. The zero-order valence-electron chi connectivity index (χ0n) is 10.6. The second-order valence-corrected chi connectivity index (χ2v) is 5.77. The molecule has 7 nitrogen and oxygen atoms in total. The number of nitrogens with one attached hydrogen (secondary N) is 1. The van der Waals surface area contributed by atoms with E-state index in [1.807, 2.05) is 0 Å². The van der Waals surface area contributed by atoms with E-state index in [1.54, 1.807) is 19.1 Å². The number of nitro benzene ring substituents is 1. The standard InChI is InChI=1S/C12H13BrN2O5/c1-12(11(16)17)6-20-5-10(12)14-8-4-7(13)2-3-9(8)15(18)19/h2-4,10,14H,5-6H2,1H3,(H,16,17). The molecule has 0 radical (unpaired) electrons. The molecule has 0 amide bonds. The van der Waals surface area contributed by atoms with Crippen LogP contribution in [-0.4, -0.2) is 35.3 Å². The Hall–Kier alpha value is -1.67. The molecule has 2 N–H and O–H groups in total. The zero-order valence-corrected chi connectivity index (χ0v) is 12.2. The van der Waals surface area contributed by atoms with Crippen molar-refractivity contribution in [1.29, 1.82) is 0 Å². The summed E-state index contributed by atoms with van der Waals surface area (Å²) in [5.41, 5.74) is -0.948. The molecule has 1 fully saturated rings. The Balaban J connectivity index is 2.32. The van der Waals surface area contributed by atoms with E-state index in [9.17, 15) is 20.0 Å². The lowest BCUT2D eigenvalue weighted by Gasteiger charge is -2.26. The van der Waals surface area contributed by atoms with Crippen molar-refractivity contribution in [3.05, 3.63) is 32.8 Å². The van der Waals surface area contributed by atoms with Crippen LogP contribution in [0.3, 0.4) is 0 Å². The molecule has 0 spiro atoms. The molecule has 1 aromatic rings. The molecule has 2 atom stereocenters. The van der Waals surface area contributed by atoms with Gasteiger partial charge in [-0.25, -0.2) is 0 Å². The van der Waals surface area contributed by atoms with Gasteiger partial charge in [0.2, 0.25) is 0 Å². The number of carbonyl (C=O) groups is 1. The lowest BCUT2D eigenvalue weighted by molar-refractivity contribution is -0.384. The Morgan fingerprint density at radius 2 is 2.35 bits per heavy atom. The Kier molecular flexibility index (Phi) is 3.96. The maximum atomic E-state index is 11.3. The minimum absolute atomic E-state index is 0.0712. The maximum absolute atomic E-state index is 11.3. The van der Waals surface area contributed by atoms with E-state index in [2.05, 4.69) is 21.2 Å². The molecule has 1 aliphatic heterocycles. The maximum Gasteiger partial charge on any atom is 0.313 e. The van der Waals surface area contributed by atoms with Crippen LogP contribution < -0.4 is 5.32 Å². The van der Waals surface area contributed by atoms with Gasteiger partial charge in [0.05, 0.1) is 24.2 Å². The van der Waals surface area contributed by atoms with Crippen molar-refractivity contribution >= 4 is 33.3 Å². The first-order valence-corrected chi connectivity index (χ1v) is 6.65. The Labute approximate surface area is 123 Å². The highest BCUT2D eigenvalue weighted by Gasteiger charge is 2.47. The van der Waals surface area contributed by atoms with Gasteiger partial charge in [-0.05, 0) is 19.1 Å². The number of hydrogen-bond acceptors (Lipinski definition) is 5. The molecule has 2 unspecified atom stereocenters. The Morgan fingerprint density at radius 3 is 2.95 bits per heavy atom. The summed E-state index contributed by atoms with van der Waals surface area (Å²) in [6.45, 7) is 1.82. The van der Waals surface area contributed by atoms with Crippen LogP contribution in [0.2, 0.25) is 0 Å². The molecule has 1 aromatic carbocycles. The number of anilines is 1. The second kappa shape index (κ2) is 5.37. The van der Waals surface area contributed by atoms with Gasteiger partial charge >= 0.3 is 5.97 Å². The summed E-state index contributed by atoms with van der Waals surface area (Å²) >= 11 is 3.24.